The third-order valence-corrected chi connectivity index (χ3v) is 4.57. The lowest BCUT2D eigenvalue weighted by molar-refractivity contribution is 0.199. The van der Waals surface area contributed by atoms with Gasteiger partial charge < -0.3 is 4.74 Å². The Morgan fingerprint density at radius 2 is 2.09 bits per heavy atom. The predicted octanol–water partition coefficient (Wildman–Crippen LogP) is 3.28. The van der Waals surface area contributed by atoms with E-state index in [1.54, 1.807) is 7.11 Å². The van der Waals surface area contributed by atoms with E-state index in [1.807, 2.05) is 35.7 Å². The number of thiophene rings is 1. The molecule has 3 aromatic rings. The average Bonchev–Trinajstić information content (AvgIpc) is 3.01. The van der Waals surface area contributed by atoms with Crippen LogP contribution in [0.25, 0.3) is 21.3 Å². The molecule has 0 aliphatic rings. The zero-order chi connectivity index (χ0) is 16.2. The van der Waals surface area contributed by atoms with Crippen LogP contribution in [-0.4, -0.2) is 29.9 Å². The first kappa shape index (κ1) is 15.8. The molecule has 0 amide bonds. The highest BCUT2D eigenvalue weighted by molar-refractivity contribution is 7.17. The molecule has 0 aliphatic carbocycles. The molecule has 0 fully saturated rings. The van der Waals surface area contributed by atoms with Gasteiger partial charge in [-0.3, -0.25) is 9.36 Å². The molecule has 120 valence electrons. The summed E-state index contributed by atoms with van der Waals surface area (Å²) in [6, 6.07) is 9.71. The molecule has 3 rings (SSSR count). The molecule has 0 spiro atoms. The molecule has 0 aliphatic heterocycles. The number of alkyl halides is 1. The van der Waals surface area contributed by atoms with E-state index in [1.165, 1.54) is 15.9 Å². The van der Waals surface area contributed by atoms with E-state index < -0.39 is 6.67 Å². The van der Waals surface area contributed by atoms with Gasteiger partial charge in [-0.15, -0.1) is 11.3 Å². The highest BCUT2D eigenvalue weighted by atomic mass is 32.1. The topological polar surface area (TPSA) is 44.1 Å². The van der Waals surface area contributed by atoms with E-state index in [0.29, 0.717) is 29.1 Å². The van der Waals surface area contributed by atoms with Crippen molar-refractivity contribution in [3.05, 3.63) is 51.9 Å². The second-order valence-corrected chi connectivity index (χ2v) is 5.97. The van der Waals surface area contributed by atoms with Gasteiger partial charge in [0.25, 0.3) is 5.56 Å². The summed E-state index contributed by atoms with van der Waals surface area (Å²) >= 11 is 1.44. The Bertz CT molecular complexity index is 858. The van der Waals surface area contributed by atoms with Crippen molar-refractivity contribution in [1.82, 2.24) is 9.55 Å². The summed E-state index contributed by atoms with van der Waals surface area (Å²) in [5, 5.41) is 2.50. The van der Waals surface area contributed by atoms with Gasteiger partial charge in [0.2, 0.25) is 0 Å². The second-order valence-electron chi connectivity index (χ2n) is 5.11. The third kappa shape index (κ3) is 3.04. The van der Waals surface area contributed by atoms with Crippen LogP contribution in [0.15, 0.2) is 40.5 Å². The summed E-state index contributed by atoms with van der Waals surface area (Å²) in [5.74, 6) is 0.573. The van der Waals surface area contributed by atoms with Gasteiger partial charge >= 0.3 is 0 Å². The molecular formula is C17H17FN2O2S. The molecule has 1 aromatic carbocycles. The van der Waals surface area contributed by atoms with Crippen LogP contribution in [0.5, 0.6) is 0 Å². The van der Waals surface area contributed by atoms with Gasteiger partial charge in [0.1, 0.15) is 17.3 Å². The van der Waals surface area contributed by atoms with Gasteiger partial charge in [-0.1, -0.05) is 30.3 Å². The molecule has 0 radical (unpaired) electrons. The standard InChI is InChI=1S/C17H17FN2O2S/c1-22-10-7-14-19-16-15(17(21)20(14)9-8-18)13(11-23-16)12-5-3-2-4-6-12/h2-6,11H,7-10H2,1H3. The van der Waals surface area contributed by atoms with Crippen molar-refractivity contribution in [3.8, 4) is 11.1 Å². The highest BCUT2D eigenvalue weighted by Crippen LogP contribution is 2.30. The van der Waals surface area contributed by atoms with Gasteiger partial charge in [0, 0.05) is 24.5 Å². The largest absolute Gasteiger partial charge is 0.384 e. The molecule has 0 bridgehead atoms. The molecule has 6 heteroatoms. The van der Waals surface area contributed by atoms with Gasteiger partial charge in [0.15, 0.2) is 0 Å². The maximum Gasteiger partial charge on any atom is 0.262 e. The van der Waals surface area contributed by atoms with Crippen LogP contribution in [0.1, 0.15) is 5.82 Å². The lowest BCUT2D eigenvalue weighted by atomic mass is 10.1. The molecule has 0 N–H and O–H groups in total. The van der Waals surface area contributed by atoms with Crippen molar-refractivity contribution in [3.63, 3.8) is 0 Å². The fraction of sp³-hybridized carbons (Fsp3) is 0.294. The van der Waals surface area contributed by atoms with Crippen LogP contribution in [0, 0.1) is 0 Å². The monoisotopic (exact) mass is 332 g/mol. The first-order valence-corrected chi connectivity index (χ1v) is 8.25. The predicted molar refractivity (Wildman–Crippen MR) is 90.9 cm³/mol. The number of methoxy groups -OCH3 is 1. The number of ether oxygens (including phenoxy) is 1. The van der Waals surface area contributed by atoms with Crippen molar-refractivity contribution in [2.24, 2.45) is 0 Å². The van der Waals surface area contributed by atoms with E-state index in [2.05, 4.69) is 4.98 Å². The summed E-state index contributed by atoms with van der Waals surface area (Å²) in [4.78, 5) is 18.1. The van der Waals surface area contributed by atoms with Gasteiger partial charge in [0.05, 0.1) is 18.5 Å². The quantitative estimate of drug-likeness (QED) is 0.696. The first-order valence-electron chi connectivity index (χ1n) is 7.37. The first-order chi connectivity index (χ1) is 11.3. The molecule has 0 saturated heterocycles. The molecule has 2 aromatic heterocycles. The van der Waals surface area contributed by atoms with Crippen LogP contribution in [0.2, 0.25) is 0 Å². The summed E-state index contributed by atoms with van der Waals surface area (Å²) in [6.07, 6.45) is 0.486. The number of rotatable bonds is 6. The van der Waals surface area contributed by atoms with Crippen LogP contribution >= 0.6 is 11.3 Å². The Morgan fingerprint density at radius 1 is 1.30 bits per heavy atom. The molecular weight excluding hydrogens is 315 g/mol. The van der Waals surface area contributed by atoms with Crippen molar-refractivity contribution in [2.75, 3.05) is 20.4 Å². The van der Waals surface area contributed by atoms with Gasteiger partial charge in [-0.05, 0) is 5.56 Å². The normalized spacial score (nSPS) is 11.2. The smallest absolute Gasteiger partial charge is 0.262 e. The number of benzene rings is 1. The van der Waals surface area contributed by atoms with Gasteiger partial charge in [-0.25, -0.2) is 9.37 Å². The van der Waals surface area contributed by atoms with E-state index in [-0.39, 0.29) is 12.1 Å². The lowest BCUT2D eigenvalue weighted by Crippen LogP contribution is -2.26. The van der Waals surface area contributed by atoms with Gasteiger partial charge in [-0.2, -0.15) is 0 Å². The van der Waals surface area contributed by atoms with Crippen molar-refractivity contribution >= 4 is 21.6 Å². The minimum Gasteiger partial charge on any atom is -0.384 e. The number of nitrogens with zero attached hydrogens (tertiary/aromatic N) is 2. The molecule has 2 heterocycles. The Kier molecular flexibility index (Phi) is 4.83. The summed E-state index contributed by atoms with van der Waals surface area (Å²) in [5.41, 5.74) is 1.64. The minimum atomic E-state index is -0.599. The summed E-state index contributed by atoms with van der Waals surface area (Å²) in [6.45, 7) is -0.135. The Labute approximate surface area is 137 Å². The van der Waals surface area contributed by atoms with Crippen molar-refractivity contribution in [2.45, 2.75) is 13.0 Å². The zero-order valence-electron chi connectivity index (χ0n) is 12.8. The summed E-state index contributed by atoms with van der Waals surface area (Å²) < 4.78 is 19.4. The van der Waals surface area contributed by atoms with Crippen LogP contribution in [0.3, 0.4) is 0 Å². The lowest BCUT2D eigenvalue weighted by Gasteiger charge is -2.11. The molecule has 0 unspecified atom stereocenters. The van der Waals surface area contributed by atoms with E-state index in [4.69, 9.17) is 4.74 Å². The molecule has 23 heavy (non-hydrogen) atoms. The minimum absolute atomic E-state index is 0.0187. The Hall–Kier alpha value is -2.05. The molecule has 0 atom stereocenters. The van der Waals surface area contributed by atoms with Crippen molar-refractivity contribution < 1.29 is 9.13 Å². The maximum absolute atomic E-state index is 12.9. The molecule has 4 nitrogen and oxygen atoms in total. The Balaban J connectivity index is 2.21. The van der Waals surface area contributed by atoms with Crippen LogP contribution < -0.4 is 5.56 Å². The SMILES string of the molecule is COCCc1nc2scc(-c3ccccc3)c2c(=O)n1CCF. The Morgan fingerprint density at radius 3 is 2.78 bits per heavy atom. The number of hydrogen-bond acceptors (Lipinski definition) is 4. The van der Waals surface area contributed by atoms with Crippen LogP contribution in [-0.2, 0) is 17.7 Å². The van der Waals surface area contributed by atoms with Crippen LogP contribution in [0.4, 0.5) is 4.39 Å². The third-order valence-electron chi connectivity index (χ3n) is 3.70. The fourth-order valence-electron chi connectivity index (χ4n) is 2.60. The zero-order valence-corrected chi connectivity index (χ0v) is 13.6. The van der Waals surface area contributed by atoms with E-state index in [9.17, 15) is 9.18 Å². The van der Waals surface area contributed by atoms with Crippen molar-refractivity contribution in [1.29, 1.82) is 0 Å². The highest BCUT2D eigenvalue weighted by Gasteiger charge is 2.16. The fourth-order valence-corrected chi connectivity index (χ4v) is 3.55. The summed E-state index contributed by atoms with van der Waals surface area (Å²) in [7, 11) is 1.59. The number of halogens is 1. The van der Waals surface area contributed by atoms with E-state index >= 15 is 0 Å². The second kappa shape index (κ2) is 7.02. The molecule has 0 saturated carbocycles. The number of hydrogen-bond donors (Lipinski definition) is 0. The average molecular weight is 332 g/mol. The number of fused-ring (bicyclic) bond motifs is 1. The van der Waals surface area contributed by atoms with E-state index in [0.717, 1.165) is 11.1 Å². The number of aromatic nitrogens is 2. The maximum atomic E-state index is 12.9.